The lowest BCUT2D eigenvalue weighted by Crippen LogP contribution is -2.42. The minimum Gasteiger partial charge on any atom is -0.478 e. The number of anilines is 1. The van der Waals surface area contributed by atoms with Gasteiger partial charge in [-0.1, -0.05) is 15.9 Å². The number of hydrogen-bond acceptors (Lipinski definition) is 4. The van der Waals surface area contributed by atoms with Crippen LogP contribution in [0.2, 0.25) is 0 Å². The molecule has 0 amide bonds. The van der Waals surface area contributed by atoms with Gasteiger partial charge >= 0.3 is 5.97 Å². The summed E-state index contributed by atoms with van der Waals surface area (Å²) < 4.78 is 25.1. The highest BCUT2D eigenvalue weighted by molar-refractivity contribution is 9.10. The summed E-state index contributed by atoms with van der Waals surface area (Å²) in [6.07, 6.45) is 1.16. The molecule has 0 unspecified atom stereocenters. The first kappa shape index (κ1) is 16.2. The maximum Gasteiger partial charge on any atom is 0.340 e. The van der Waals surface area contributed by atoms with Crippen molar-refractivity contribution in [3.63, 3.8) is 0 Å². The molecule has 5 nitrogen and oxygen atoms in total. The lowest BCUT2D eigenvalue weighted by Gasteiger charge is -2.32. The Labute approximate surface area is 130 Å². The average Bonchev–Trinajstić information content (AvgIpc) is 2.87. The van der Waals surface area contributed by atoms with E-state index in [4.69, 9.17) is 9.47 Å². The third kappa shape index (κ3) is 3.20. The van der Waals surface area contributed by atoms with Gasteiger partial charge in [0, 0.05) is 25.2 Å². The lowest BCUT2D eigenvalue weighted by atomic mass is 10.1. The number of benzene rings is 1. The summed E-state index contributed by atoms with van der Waals surface area (Å²) >= 11 is 3.21. The van der Waals surface area contributed by atoms with Gasteiger partial charge in [0.1, 0.15) is 11.4 Å². The highest BCUT2D eigenvalue weighted by Crippen LogP contribution is 2.34. The predicted octanol–water partition coefficient (Wildman–Crippen LogP) is 2.87. The molecular weight excluding hydrogens is 345 g/mol. The van der Waals surface area contributed by atoms with Crippen LogP contribution in [0.3, 0.4) is 0 Å². The zero-order valence-electron chi connectivity index (χ0n) is 11.8. The molecule has 0 saturated carbocycles. The number of methoxy groups -OCH3 is 2. The lowest BCUT2D eigenvalue weighted by molar-refractivity contribution is -0.115. The van der Waals surface area contributed by atoms with Crippen molar-refractivity contribution >= 4 is 27.6 Å². The summed E-state index contributed by atoms with van der Waals surface area (Å²) in [5, 5.41) is 9.29. The molecule has 1 aromatic carbocycles. The van der Waals surface area contributed by atoms with Gasteiger partial charge in [-0.25, -0.2) is 9.18 Å². The van der Waals surface area contributed by atoms with Crippen LogP contribution >= 0.6 is 15.9 Å². The molecule has 1 fully saturated rings. The van der Waals surface area contributed by atoms with Crippen molar-refractivity contribution in [1.82, 2.24) is 0 Å². The number of rotatable bonds is 5. The van der Waals surface area contributed by atoms with Crippen molar-refractivity contribution in [2.75, 3.05) is 25.7 Å². The van der Waals surface area contributed by atoms with E-state index >= 15 is 0 Å². The number of carboxylic acid groups (broad SMARTS) is 1. The van der Waals surface area contributed by atoms with Crippen molar-refractivity contribution in [2.45, 2.75) is 25.2 Å². The normalized spacial score (nSPS) is 18.5. The fourth-order valence-corrected chi connectivity index (χ4v) is 3.20. The summed E-state index contributed by atoms with van der Waals surface area (Å²) in [4.78, 5) is 13.2. The van der Waals surface area contributed by atoms with Gasteiger partial charge in [0.2, 0.25) is 0 Å². The van der Waals surface area contributed by atoms with Crippen molar-refractivity contribution in [1.29, 1.82) is 0 Å². The first-order valence-corrected chi connectivity index (χ1v) is 7.33. The third-order valence-corrected chi connectivity index (χ3v) is 4.09. The van der Waals surface area contributed by atoms with Gasteiger partial charge in [-0.05, 0) is 25.0 Å². The van der Waals surface area contributed by atoms with Crippen LogP contribution in [-0.2, 0) is 9.47 Å². The zero-order valence-corrected chi connectivity index (χ0v) is 13.4. The Morgan fingerprint density at radius 3 is 2.71 bits per heavy atom. The van der Waals surface area contributed by atoms with E-state index < -0.39 is 18.1 Å². The Hall–Kier alpha value is -1.18. The van der Waals surface area contributed by atoms with Crippen LogP contribution in [0.5, 0.6) is 0 Å². The minimum atomic E-state index is -1.29. The number of halogens is 2. The molecule has 1 atom stereocenters. The SMILES string of the molecule is COC(OC)[C@H]1CCCN1c1cc(Br)cc(F)c1C(=O)O. The number of carboxylic acids is 1. The number of nitrogens with zero attached hydrogens (tertiary/aromatic N) is 1. The van der Waals surface area contributed by atoms with Crippen LogP contribution in [-0.4, -0.2) is 44.2 Å². The summed E-state index contributed by atoms with van der Waals surface area (Å²) in [5.41, 5.74) is 0.0204. The average molecular weight is 362 g/mol. The van der Waals surface area contributed by atoms with Gasteiger partial charge in [0.15, 0.2) is 6.29 Å². The van der Waals surface area contributed by atoms with Gasteiger partial charge < -0.3 is 19.5 Å². The molecule has 1 heterocycles. The molecule has 1 aromatic rings. The highest BCUT2D eigenvalue weighted by atomic mass is 79.9. The largest absolute Gasteiger partial charge is 0.478 e. The molecule has 7 heteroatoms. The smallest absolute Gasteiger partial charge is 0.340 e. The Balaban J connectivity index is 2.47. The number of hydrogen-bond donors (Lipinski definition) is 1. The van der Waals surface area contributed by atoms with Crippen LogP contribution in [0.25, 0.3) is 0 Å². The van der Waals surface area contributed by atoms with E-state index in [1.165, 1.54) is 14.2 Å². The summed E-state index contributed by atoms with van der Waals surface area (Å²) in [6, 6.07) is 2.63. The van der Waals surface area contributed by atoms with E-state index in [-0.39, 0.29) is 11.6 Å². The third-order valence-electron chi connectivity index (χ3n) is 3.64. The van der Waals surface area contributed by atoms with E-state index in [9.17, 15) is 14.3 Å². The van der Waals surface area contributed by atoms with Crippen molar-refractivity contribution in [3.05, 3.63) is 28.0 Å². The first-order chi connectivity index (χ1) is 9.99. The Morgan fingerprint density at radius 2 is 2.14 bits per heavy atom. The van der Waals surface area contributed by atoms with Gasteiger partial charge in [-0.3, -0.25) is 0 Å². The predicted molar refractivity (Wildman–Crippen MR) is 79.2 cm³/mol. The first-order valence-electron chi connectivity index (χ1n) is 6.54. The molecule has 0 bridgehead atoms. The molecule has 116 valence electrons. The van der Waals surface area contributed by atoms with Crippen LogP contribution in [0.4, 0.5) is 10.1 Å². The van der Waals surface area contributed by atoms with Crippen molar-refractivity contribution in [2.24, 2.45) is 0 Å². The molecule has 1 N–H and O–H groups in total. The van der Waals surface area contributed by atoms with E-state index in [2.05, 4.69) is 15.9 Å². The standard InChI is InChI=1S/C14H17BrFNO4/c1-20-14(21-2)10-4-3-5-17(10)11-7-8(15)6-9(16)12(11)13(18)19/h6-7,10,14H,3-5H2,1-2H3,(H,18,19)/t10-/m1/s1. The summed E-state index contributed by atoms with van der Waals surface area (Å²) in [5.74, 6) is -2.05. The second-order valence-corrected chi connectivity index (χ2v) is 5.75. The molecule has 1 aliphatic rings. The monoisotopic (exact) mass is 361 g/mol. The molecule has 0 spiro atoms. The van der Waals surface area contributed by atoms with Crippen molar-refractivity contribution in [3.8, 4) is 0 Å². The van der Waals surface area contributed by atoms with E-state index in [1.54, 1.807) is 6.07 Å². The number of ether oxygens (including phenoxy) is 2. The number of carbonyl (C=O) groups is 1. The molecule has 1 aliphatic heterocycles. The fraction of sp³-hybridized carbons (Fsp3) is 0.500. The van der Waals surface area contributed by atoms with Crippen LogP contribution in [0.15, 0.2) is 16.6 Å². The van der Waals surface area contributed by atoms with Gasteiger partial charge in [-0.2, -0.15) is 0 Å². The van der Waals surface area contributed by atoms with Crippen molar-refractivity contribution < 1.29 is 23.8 Å². The van der Waals surface area contributed by atoms with Gasteiger partial charge in [-0.15, -0.1) is 0 Å². The topological polar surface area (TPSA) is 59.0 Å². The second-order valence-electron chi connectivity index (χ2n) is 4.83. The second kappa shape index (κ2) is 6.72. The molecule has 1 saturated heterocycles. The van der Waals surface area contributed by atoms with Crippen LogP contribution in [0, 0.1) is 5.82 Å². The zero-order chi connectivity index (χ0) is 15.6. The minimum absolute atomic E-state index is 0.146. The quantitative estimate of drug-likeness (QED) is 0.817. The molecule has 0 aliphatic carbocycles. The summed E-state index contributed by atoms with van der Waals surface area (Å²) in [6.45, 7) is 0.629. The van der Waals surface area contributed by atoms with E-state index in [1.807, 2.05) is 4.90 Å². The Morgan fingerprint density at radius 1 is 1.48 bits per heavy atom. The maximum absolute atomic E-state index is 14.0. The molecular formula is C14H17BrFNO4. The van der Waals surface area contributed by atoms with Gasteiger partial charge in [0.25, 0.3) is 0 Å². The Kier molecular flexibility index (Phi) is 5.18. The van der Waals surface area contributed by atoms with Crippen LogP contribution in [0.1, 0.15) is 23.2 Å². The number of aromatic carboxylic acids is 1. The fourth-order valence-electron chi connectivity index (χ4n) is 2.78. The van der Waals surface area contributed by atoms with Crippen LogP contribution < -0.4 is 4.90 Å². The van der Waals surface area contributed by atoms with E-state index in [0.717, 1.165) is 18.9 Å². The molecule has 2 rings (SSSR count). The highest BCUT2D eigenvalue weighted by Gasteiger charge is 2.35. The Bertz CT molecular complexity index is 536. The molecule has 0 radical (unpaired) electrons. The molecule has 0 aromatic heterocycles. The van der Waals surface area contributed by atoms with E-state index in [0.29, 0.717) is 16.7 Å². The van der Waals surface area contributed by atoms with Gasteiger partial charge in [0.05, 0.1) is 11.7 Å². The maximum atomic E-state index is 14.0. The molecule has 21 heavy (non-hydrogen) atoms. The summed E-state index contributed by atoms with van der Waals surface area (Å²) in [7, 11) is 3.06.